The minimum Gasteiger partial charge on any atom is -0.386 e. The van der Waals surface area contributed by atoms with E-state index in [1.807, 2.05) is 28.9 Å². The molecule has 0 unspecified atom stereocenters. The van der Waals surface area contributed by atoms with Crippen LogP contribution in [0.1, 0.15) is 11.1 Å². The number of halogens is 1. The van der Waals surface area contributed by atoms with Crippen molar-refractivity contribution in [1.82, 2.24) is 24.6 Å². The first kappa shape index (κ1) is 24.1. The van der Waals surface area contributed by atoms with Crippen LogP contribution in [0.3, 0.4) is 0 Å². The van der Waals surface area contributed by atoms with Gasteiger partial charge in [-0.3, -0.25) is 9.48 Å². The Balaban J connectivity index is 1.27. The second kappa shape index (κ2) is 11.0. The molecule has 2 aromatic carbocycles. The third-order valence-electron chi connectivity index (χ3n) is 5.85. The number of benzene rings is 2. The first-order valence-electron chi connectivity index (χ1n) is 11.7. The van der Waals surface area contributed by atoms with Gasteiger partial charge >= 0.3 is 0 Å². The molecule has 0 atom stereocenters. The Morgan fingerprint density at radius 3 is 2.92 bits per heavy atom. The highest BCUT2D eigenvalue weighted by molar-refractivity contribution is 5.93. The van der Waals surface area contributed by atoms with Crippen LogP contribution in [0, 0.1) is 5.82 Å². The molecule has 37 heavy (non-hydrogen) atoms. The first-order chi connectivity index (χ1) is 18.1. The van der Waals surface area contributed by atoms with Gasteiger partial charge in [-0.15, -0.1) is 0 Å². The van der Waals surface area contributed by atoms with Crippen molar-refractivity contribution < 1.29 is 18.8 Å². The lowest BCUT2D eigenvalue weighted by atomic mass is 10.2. The smallest absolute Gasteiger partial charge is 0.263 e. The highest BCUT2D eigenvalue weighted by Gasteiger charge is 2.17. The van der Waals surface area contributed by atoms with Gasteiger partial charge in [-0.2, -0.15) is 5.10 Å². The Morgan fingerprint density at radius 1 is 1.22 bits per heavy atom. The summed E-state index contributed by atoms with van der Waals surface area (Å²) in [6.07, 6.45) is 4.46. The Morgan fingerprint density at radius 2 is 2.08 bits per heavy atom. The fourth-order valence-corrected chi connectivity index (χ4v) is 3.96. The van der Waals surface area contributed by atoms with E-state index < -0.39 is 0 Å². The van der Waals surface area contributed by atoms with E-state index in [0.29, 0.717) is 44.2 Å². The van der Waals surface area contributed by atoms with Crippen molar-refractivity contribution in [3.05, 3.63) is 71.9 Å². The highest BCUT2D eigenvalue weighted by atomic mass is 19.1. The van der Waals surface area contributed by atoms with Crippen LogP contribution in [0.25, 0.3) is 10.9 Å². The summed E-state index contributed by atoms with van der Waals surface area (Å²) in [6.45, 7) is 2.36. The van der Waals surface area contributed by atoms with Gasteiger partial charge in [0, 0.05) is 24.2 Å². The molecule has 3 N–H and O–H groups in total. The second-order valence-electron chi connectivity index (χ2n) is 8.35. The highest BCUT2D eigenvalue weighted by Crippen LogP contribution is 2.24. The van der Waals surface area contributed by atoms with Crippen LogP contribution in [-0.2, 0) is 20.9 Å². The molecule has 0 bridgehead atoms. The van der Waals surface area contributed by atoms with Crippen LogP contribution in [0.4, 0.5) is 21.7 Å². The number of hydrogen-bond acceptors (Lipinski definition) is 9. The molecule has 1 aliphatic heterocycles. The predicted octanol–water partition coefficient (Wildman–Crippen LogP) is 2.55. The van der Waals surface area contributed by atoms with Gasteiger partial charge in [-0.25, -0.2) is 14.4 Å². The molecule has 190 valence electrons. The maximum absolute atomic E-state index is 13.5. The molecule has 0 saturated carbocycles. The number of anilines is 3. The maximum atomic E-state index is 13.5. The van der Waals surface area contributed by atoms with E-state index >= 15 is 0 Å². The molecular weight excluding hydrogens is 479 g/mol. The van der Waals surface area contributed by atoms with Gasteiger partial charge in [-0.1, -0.05) is 17.3 Å². The fourth-order valence-electron chi connectivity index (χ4n) is 3.96. The molecule has 11 nitrogen and oxygen atoms in total. The number of ether oxygens (including phenoxy) is 1. The molecule has 4 aromatic rings. The van der Waals surface area contributed by atoms with Crippen molar-refractivity contribution in [2.75, 3.05) is 44.0 Å². The van der Waals surface area contributed by atoms with E-state index in [1.54, 1.807) is 17.2 Å². The molecule has 1 aliphatic rings. The number of nitrogen functional groups attached to an aromatic ring is 1. The largest absolute Gasteiger partial charge is 0.386 e. The van der Waals surface area contributed by atoms with E-state index in [2.05, 4.69) is 25.5 Å². The third kappa shape index (κ3) is 5.81. The summed E-state index contributed by atoms with van der Waals surface area (Å²) < 4.78 is 20.6. The SMILES string of the molecule is Nc1ncnc(Nc2ccc3c(cnn3Cc3cccc(F)c3)c2)c1C=NOCC(=O)N1CCOCC1. The zero-order valence-corrected chi connectivity index (χ0v) is 19.9. The van der Waals surface area contributed by atoms with Crippen molar-refractivity contribution in [2.45, 2.75) is 6.54 Å². The van der Waals surface area contributed by atoms with Gasteiger partial charge in [-0.05, 0) is 35.9 Å². The van der Waals surface area contributed by atoms with Crippen LogP contribution in [-0.4, -0.2) is 69.7 Å². The summed E-state index contributed by atoms with van der Waals surface area (Å²) in [7, 11) is 0. The summed E-state index contributed by atoms with van der Waals surface area (Å²) in [5.74, 6) is 0.180. The molecule has 0 aliphatic carbocycles. The van der Waals surface area contributed by atoms with Gasteiger partial charge in [0.2, 0.25) is 0 Å². The van der Waals surface area contributed by atoms with Gasteiger partial charge < -0.3 is 25.5 Å². The summed E-state index contributed by atoms with van der Waals surface area (Å²) >= 11 is 0. The lowest BCUT2D eigenvalue weighted by Crippen LogP contribution is -2.42. The molecular formula is C25H25FN8O3. The number of morpholine rings is 1. The number of amides is 1. The maximum Gasteiger partial charge on any atom is 0.263 e. The van der Waals surface area contributed by atoms with Crippen LogP contribution in [0.5, 0.6) is 0 Å². The molecule has 2 aromatic heterocycles. The topological polar surface area (TPSA) is 133 Å². The van der Waals surface area contributed by atoms with Gasteiger partial charge in [0.05, 0.1) is 43.3 Å². The monoisotopic (exact) mass is 504 g/mol. The number of nitrogens with one attached hydrogen (secondary N) is 1. The van der Waals surface area contributed by atoms with Gasteiger partial charge in [0.1, 0.15) is 23.8 Å². The zero-order chi connectivity index (χ0) is 25.6. The van der Waals surface area contributed by atoms with E-state index in [0.717, 1.165) is 22.2 Å². The summed E-state index contributed by atoms with van der Waals surface area (Å²) in [4.78, 5) is 27.4. The van der Waals surface area contributed by atoms with Crippen molar-refractivity contribution in [3.63, 3.8) is 0 Å². The fraction of sp³-hybridized carbons (Fsp3) is 0.240. The minimum atomic E-state index is -0.280. The average molecular weight is 505 g/mol. The van der Waals surface area contributed by atoms with Crippen LogP contribution >= 0.6 is 0 Å². The number of aromatic nitrogens is 4. The number of nitrogens with two attached hydrogens (primary N) is 1. The Bertz CT molecular complexity index is 1430. The quantitative estimate of drug-likeness (QED) is 0.276. The number of oxime groups is 1. The molecule has 0 spiro atoms. The summed E-state index contributed by atoms with van der Waals surface area (Å²) in [6, 6.07) is 12.2. The normalized spacial score (nSPS) is 13.8. The Labute approximate surface area is 211 Å². The Hall–Kier alpha value is -4.58. The van der Waals surface area contributed by atoms with Crippen LogP contribution in [0.2, 0.25) is 0 Å². The Kier molecular flexibility index (Phi) is 7.17. The van der Waals surface area contributed by atoms with Gasteiger partial charge in [0.15, 0.2) is 6.61 Å². The lowest BCUT2D eigenvalue weighted by molar-refractivity contribution is -0.140. The number of carbonyl (C=O) groups excluding carboxylic acids is 1. The van der Waals surface area contributed by atoms with E-state index in [4.69, 9.17) is 15.3 Å². The minimum absolute atomic E-state index is 0.165. The molecule has 0 radical (unpaired) electrons. The van der Waals surface area contributed by atoms with E-state index in [9.17, 15) is 9.18 Å². The number of hydrogen-bond donors (Lipinski definition) is 2. The molecule has 12 heteroatoms. The molecule has 5 rings (SSSR count). The zero-order valence-electron chi connectivity index (χ0n) is 19.9. The summed E-state index contributed by atoms with van der Waals surface area (Å²) in [5, 5.41) is 12.5. The lowest BCUT2D eigenvalue weighted by Gasteiger charge is -2.26. The first-order valence-corrected chi connectivity index (χ1v) is 11.7. The van der Waals surface area contributed by atoms with E-state index in [1.165, 1.54) is 24.7 Å². The number of carbonyl (C=O) groups is 1. The van der Waals surface area contributed by atoms with Crippen LogP contribution in [0.15, 0.2) is 60.1 Å². The number of rotatable bonds is 8. The molecule has 3 heterocycles. The van der Waals surface area contributed by atoms with Crippen molar-refractivity contribution in [1.29, 1.82) is 0 Å². The molecule has 1 amide bonds. The standard InChI is InChI=1S/C25H25FN8O3/c26-19-3-1-2-17(10-19)14-34-22-5-4-20(11-18(22)12-30-34)32-25-21(24(27)28-16-29-25)13-31-37-15-23(35)33-6-8-36-9-7-33/h1-5,10-13,16H,6-9,14-15H2,(H3,27,28,29,32). The number of nitrogens with zero attached hydrogens (tertiary/aromatic N) is 6. The van der Waals surface area contributed by atoms with Crippen molar-refractivity contribution >= 4 is 40.3 Å². The van der Waals surface area contributed by atoms with Gasteiger partial charge in [0.25, 0.3) is 5.91 Å². The predicted molar refractivity (Wildman–Crippen MR) is 136 cm³/mol. The van der Waals surface area contributed by atoms with E-state index in [-0.39, 0.29) is 24.1 Å². The van der Waals surface area contributed by atoms with Crippen LogP contribution < -0.4 is 11.1 Å². The molecule has 1 saturated heterocycles. The second-order valence-corrected chi connectivity index (χ2v) is 8.35. The van der Waals surface area contributed by atoms with Crippen molar-refractivity contribution in [2.24, 2.45) is 5.16 Å². The van der Waals surface area contributed by atoms with Crippen molar-refractivity contribution in [3.8, 4) is 0 Å². The summed E-state index contributed by atoms with van der Waals surface area (Å²) in [5.41, 5.74) is 8.93. The third-order valence-corrected chi connectivity index (χ3v) is 5.85. The molecule has 1 fully saturated rings. The number of fused-ring (bicyclic) bond motifs is 1. The average Bonchev–Trinajstić information content (AvgIpc) is 3.30.